The molecule has 2 aromatic carbocycles. The molecule has 1 aromatic heterocycles. The van der Waals surface area contributed by atoms with Crippen LogP contribution in [0.4, 0.5) is 10.5 Å². The highest BCUT2D eigenvalue weighted by Gasteiger charge is 2.43. The van der Waals surface area contributed by atoms with Crippen molar-refractivity contribution >= 4 is 23.5 Å². The molecule has 1 aliphatic rings. The average Bonchev–Trinajstić information content (AvgIpc) is 3.25. The first kappa shape index (κ1) is 18.4. The van der Waals surface area contributed by atoms with Crippen LogP contribution in [0.15, 0.2) is 59.2 Å². The lowest BCUT2D eigenvalue weighted by Crippen LogP contribution is -2.40. The molecular formula is C21H18N4O4. The Hall–Kier alpha value is -3.94. The van der Waals surface area contributed by atoms with E-state index in [1.807, 2.05) is 13.0 Å². The third-order valence-corrected chi connectivity index (χ3v) is 4.76. The minimum absolute atomic E-state index is 0.303. The van der Waals surface area contributed by atoms with Gasteiger partial charge in [-0.15, -0.1) is 0 Å². The number of nitrogens with one attached hydrogen (secondary N) is 3. The number of carbonyl (C=O) groups excluding carboxylic acids is 3. The summed E-state index contributed by atoms with van der Waals surface area (Å²) >= 11 is 0. The number of oxazole rings is 1. The van der Waals surface area contributed by atoms with E-state index in [0.717, 1.165) is 11.3 Å². The fourth-order valence-corrected chi connectivity index (χ4v) is 3.12. The van der Waals surface area contributed by atoms with Crippen molar-refractivity contribution in [1.29, 1.82) is 0 Å². The Labute approximate surface area is 166 Å². The van der Waals surface area contributed by atoms with Crippen LogP contribution in [-0.4, -0.2) is 22.8 Å². The second-order valence-electron chi connectivity index (χ2n) is 6.94. The first-order valence-electron chi connectivity index (χ1n) is 8.93. The van der Waals surface area contributed by atoms with Crippen molar-refractivity contribution in [1.82, 2.24) is 15.6 Å². The maximum Gasteiger partial charge on any atom is 0.322 e. The number of aryl methyl sites for hydroxylation is 1. The number of imide groups is 1. The minimum Gasteiger partial charge on any atom is -0.444 e. The number of hydrogen-bond donors (Lipinski definition) is 3. The number of urea groups is 1. The van der Waals surface area contributed by atoms with Crippen molar-refractivity contribution in [2.24, 2.45) is 0 Å². The molecule has 4 rings (SSSR count). The van der Waals surface area contributed by atoms with E-state index in [0.29, 0.717) is 22.7 Å². The Balaban J connectivity index is 1.51. The first-order valence-corrected chi connectivity index (χ1v) is 8.93. The Morgan fingerprint density at radius 3 is 2.52 bits per heavy atom. The molecule has 3 aromatic rings. The number of nitrogens with zero attached hydrogens (tertiary/aromatic N) is 1. The predicted molar refractivity (Wildman–Crippen MR) is 105 cm³/mol. The number of aromatic nitrogens is 1. The molecule has 1 unspecified atom stereocenters. The van der Waals surface area contributed by atoms with Crippen molar-refractivity contribution < 1.29 is 18.8 Å². The van der Waals surface area contributed by atoms with E-state index < -0.39 is 17.5 Å². The molecule has 1 saturated heterocycles. The second-order valence-corrected chi connectivity index (χ2v) is 6.94. The summed E-state index contributed by atoms with van der Waals surface area (Å²) in [6.07, 6.45) is 1.57. The quantitative estimate of drug-likeness (QED) is 0.593. The van der Waals surface area contributed by atoms with Crippen LogP contribution in [0, 0.1) is 6.92 Å². The number of rotatable bonds is 4. The molecule has 8 nitrogen and oxygen atoms in total. The summed E-state index contributed by atoms with van der Waals surface area (Å²) in [7, 11) is 0. The number of hydrogen-bond acceptors (Lipinski definition) is 5. The summed E-state index contributed by atoms with van der Waals surface area (Å²) in [6.45, 7) is 3.45. The van der Waals surface area contributed by atoms with Crippen LogP contribution in [0.3, 0.4) is 0 Å². The second kappa shape index (κ2) is 6.90. The van der Waals surface area contributed by atoms with E-state index in [9.17, 15) is 14.4 Å². The van der Waals surface area contributed by atoms with E-state index >= 15 is 0 Å². The molecule has 0 saturated carbocycles. The summed E-state index contributed by atoms with van der Waals surface area (Å²) < 4.78 is 5.40. The number of amides is 4. The van der Waals surface area contributed by atoms with Crippen molar-refractivity contribution in [3.63, 3.8) is 0 Å². The predicted octanol–water partition coefficient (Wildman–Crippen LogP) is 2.96. The van der Waals surface area contributed by atoms with Gasteiger partial charge in [0.15, 0.2) is 0 Å². The van der Waals surface area contributed by atoms with Crippen molar-refractivity contribution in [2.45, 2.75) is 19.4 Å². The summed E-state index contributed by atoms with van der Waals surface area (Å²) in [4.78, 5) is 40.3. The average molecular weight is 390 g/mol. The normalized spacial score (nSPS) is 18.3. The van der Waals surface area contributed by atoms with Gasteiger partial charge in [0.05, 0.1) is 5.69 Å². The number of anilines is 1. The zero-order chi connectivity index (χ0) is 20.6. The molecule has 8 heteroatoms. The molecule has 0 spiro atoms. The van der Waals surface area contributed by atoms with Gasteiger partial charge in [0.1, 0.15) is 11.8 Å². The zero-order valence-electron chi connectivity index (χ0n) is 15.8. The van der Waals surface area contributed by atoms with Crippen LogP contribution < -0.4 is 16.0 Å². The van der Waals surface area contributed by atoms with E-state index in [4.69, 9.17) is 4.42 Å². The molecule has 29 heavy (non-hydrogen) atoms. The Kier molecular flexibility index (Phi) is 4.38. The van der Waals surface area contributed by atoms with Gasteiger partial charge in [-0.05, 0) is 49.7 Å². The molecule has 0 aliphatic carbocycles. The number of benzene rings is 2. The van der Waals surface area contributed by atoms with E-state index in [-0.39, 0.29) is 5.91 Å². The van der Waals surface area contributed by atoms with Gasteiger partial charge in [0, 0.05) is 16.8 Å². The molecule has 146 valence electrons. The van der Waals surface area contributed by atoms with Crippen molar-refractivity contribution in [2.75, 3.05) is 5.32 Å². The topological polar surface area (TPSA) is 113 Å². The van der Waals surface area contributed by atoms with Crippen LogP contribution >= 0.6 is 0 Å². The zero-order valence-corrected chi connectivity index (χ0v) is 15.8. The Morgan fingerprint density at radius 1 is 1.14 bits per heavy atom. The van der Waals surface area contributed by atoms with E-state index in [1.165, 1.54) is 0 Å². The van der Waals surface area contributed by atoms with Gasteiger partial charge in [-0.1, -0.05) is 18.2 Å². The lowest BCUT2D eigenvalue weighted by molar-refractivity contribution is -0.123. The summed E-state index contributed by atoms with van der Waals surface area (Å²) in [5.41, 5.74) is 1.96. The van der Waals surface area contributed by atoms with Gasteiger partial charge < -0.3 is 15.1 Å². The maximum atomic E-state index is 12.6. The van der Waals surface area contributed by atoms with Gasteiger partial charge >= 0.3 is 6.03 Å². The third kappa shape index (κ3) is 3.47. The highest BCUT2D eigenvalue weighted by molar-refractivity contribution is 6.07. The SMILES string of the molecule is Cc1coc(-c2cccc(NC(=O)c3ccc(C4(C)NC(=O)NC4=O)cc3)c2)n1. The molecule has 2 heterocycles. The van der Waals surface area contributed by atoms with Crippen LogP contribution in [0.1, 0.15) is 28.5 Å². The van der Waals surface area contributed by atoms with Crippen LogP contribution in [0.25, 0.3) is 11.5 Å². The molecule has 0 radical (unpaired) electrons. The molecule has 1 fully saturated rings. The Bertz CT molecular complexity index is 1120. The van der Waals surface area contributed by atoms with Gasteiger partial charge in [0.2, 0.25) is 5.89 Å². The van der Waals surface area contributed by atoms with Gasteiger partial charge in [-0.25, -0.2) is 9.78 Å². The smallest absolute Gasteiger partial charge is 0.322 e. The summed E-state index contributed by atoms with van der Waals surface area (Å²) in [5.74, 6) is -0.256. The third-order valence-electron chi connectivity index (χ3n) is 4.76. The lowest BCUT2D eigenvalue weighted by atomic mass is 9.91. The monoisotopic (exact) mass is 390 g/mol. The largest absolute Gasteiger partial charge is 0.444 e. The lowest BCUT2D eigenvalue weighted by Gasteiger charge is -2.21. The van der Waals surface area contributed by atoms with Crippen molar-refractivity contribution in [3.05, 3.63) is 71.6 Å². The molecule has 0 bridgehead atoms. The maximum absolute atomic E-state index is 12.6. The fraction of sp³-hybridized carbons (Fsp3) is 0.143. The number of carbonyl (C=O) groups is 3. The van der Waals surface area contributed by atoms with Crippen molar-refractivity contribution in [3.8, 4) is 11.5 Å². The van der Waals surface area contributed by atoms with Crippen LogP contribution in [0.5, 0.6) is 0 Å². The Morgan fingerprint density at radius 2 is 1.90 bits per heavy atom. The standard InChI is InChI=1S/C21H18N4O4/c1-12-11-29-18(22-12)14-4-3-5-16(10-14)23-17(26)13-6-8-15(9-7-13)21(2)19(27)24-20(28)25-21/h3-11H,1-2H3,(H,23,26)(H2,24,25,27,28). The molecule has 3 N–H and O–H groups in total. The van der Waals surface area contributed by atoms with Crippen LogP contribution in [-0.2, 0) is 10.3 Å². The molecule has 1 aliphatic heterocycles. The van der Waals surface area contributed by atoms with Gasteiger partial charge in [-0.2, -0.15) is 0 Å². The minimum atomic E-state index is -1.16. The molecule has 4 amide bonds. The summed E-state index contributed by atoms with van der Waals surface area (Å²) in [6, 6.07) is 13.2. The molecule has 1 atom stereocenters. The van der Waals surface area contributed by atoms with Gasteiger partial charge in [-0.3, -0.25) is 14.9 Å². The fourth-order valence-electron chi connectivity index (χ4n) is 3.12. The van der Waals surface area contributed by atoms with Crippen LogP contribution in [0.2, 0.25) is 0 Å². The highest BCUT2D eigenvalue weighted by atomic mass is 16.3. The summed E-state index contributed by atoms with van der Waals surface area (Å²) in [5, 5.41) is 7.64. The first-order chi connectivity index (χ1) is 13.8. The highest BCUT2D eigenvalue weighted by Crippen LogP contribution is 2.25. The van der Waals surface area contributed by atoms with E-state index in [2.05, 4.69) is 20.9 Å². The molecular weight excluding hydrogens is 372 g/mol. The van der Waals surface area contributed by atoms with E-state index in [1.54, 1.807) is 55.7 Å². The van der Waals surface area contributed by atoms with Gasteiger partial charge in [0.25, 0.3) is 11.8 Å².